The summed E-state index contributed by atoms with van der Waals surface area (Å²) in [5.74, 6) is -0.0223. The predicted molar refractivity (Wildman–Crippen MR) is 90.1 cm³/mol. The number of carbonyl (C=O) groups is 1. The minimum atomic E-state index is -0.352. The van der Waals surface area contributed by atoms with Crippen molar-refractivity contribution in [2.24, 2.45) is 0 Å². The largest absolute Gasteiger partial charge is 0.494 e. The average molecular weight is 364 g/mol. The highest BCUT2D eigenvalue weighted by Crippen LogP contribution is 2.34. The lowest BCUT2D eigenvalue weighted by Crippen LogP contribution is -2.12. The van der Waals surface area contributed by atoms with E-state index in [0.29, 0.717) is 22.7 Å². The Bertz CT molecular complexity index is 860. The van der Waals surface area contributed by atoms with E-state index in [9.17, 15) is 4.79 Å². The van der Waals surface area contributed by atoms with Gasteiger partial charge in [-0.15, -0.1) is 5.10 Å². The summed E-state index contributed by atoms with van der Waals surface area (Å²) in [6.07, 6.45) is 1.46. The third-order valence-corrected chi connectivity index (χ3v) is 3.74. The standard InChI is InChI=1S/C15H11Cl2N5O2/c1-24-14-12(16)5-9(6-13(14)17)15(23)19-10-3-2-4-11(7-10)22-8-18-20-21-22/h2-8H,1H3,(H,19,23). The van der Waals surface area contributed by atoms with Gasteiger partial charge in [-0.25, -0.2) is 4.68 Å². The summed E-state index contributed by atoms with van der Waals surface area (Å²) in [5, 5.41) is 14.3. The number of amides is 1. The summed E-state index contributed by atoms with van der Waals surface area (Å²) >= 11 is 12.1. The second kappa shape index (κ2) is 6.86. The smallest absolute Gasteiger partial charge is 0.255 e. The quantitative estimate of drug-likeness (QED) is 0.769. The molecule has 3 aromatic rings. The van der Waals surface area contributed by atoms with E-state index in [-0.39, 0.29) is 16.0 Å². The van der Waals surface area contributed by atoms with Gasteiger partial charge >= 0.3 is 0 Å². The van der Waals surface area contributed by atoms with Crippen molar-refractivity contribution in [2.75, 3.05) is 12.4 Å². The molecule has 1 amide bonds. The number of nitrogens with one attached hydrogen (secondary N) is 1. The lowest BCUT2D eigenvalue weighted by molar-refractivity contribution is 0.102. The molecule has 24 heavy (non-hydrogen) atoms. The molecule has 2 aromatic carbocycles. The maximum Gasteiger partial charge on any atom is 0.255 e. The van der Waals surface area contributed by atoms with E-state index in [1.807, 2.05) is 6.07 Å². The first kappa shape index (κ1) is 16.2. The Morgan fingerprint density at radius 1 is 1.21 bits per heavy atom. The average Bonchev–Trinajstić information content (AvgIpc) is 3.09. The Morgan fingerprint density at radius 3 is 2.58 bits per heavy atom. The van der Waals surface area contributed by atoms with Crippen LogP contribution in [0.25, 0.3) is 5.69 Å². The van der Waals surface area contributed by atoms with Crippen LogP contribution in [0, 0.1) is 0 Å². The fraction of sp³-hybridized carbons (Fsp3) is 0.0667. The van der Waals surface area contributed by atoms with Crippen molar-refractivity contribution >= 4 is 34.8 Å². The number of aromatic nitrogens is 4. The van der Waals surface area contributed by atoms with Gasteiger partial charge in [-0.05, 0) is 40.8 Å². The number of nitrogens with zero attached hydrogens (tertiary/aromatic N) is 4. The number of benzene rings is 2. The van der Waals surface area contributed by atoms with Crippen LogP contribution in [-0.2, 0) is 0 Å². The van der Waals surface area contributed by atoms with Gasteiger partial charge in [-0.1, -0.05) is 29.3 Å². The van der Waals surface area contributed by atoms with Crippen molar-refractivity contribution in [3.05, 3.63) is 58.3 Å². The second-order valence-corrected chi connectivity index (χ2v) is 5.55. The Hall–Kier alpha value is -2.64. The number of halogens is 2. The van der Waals surface area contributed by atoms with Crippen LogP contribution in [0.15, 0.2) is 42.7 Å². The van der Waals surface area contributed by atoms with Gasteiger partial charge in [0.25, 0.3) is 5.91 Å². The summed E-state index contributed by atoms with van der Waals surface area (Å²) in [6, 6.07) is 10.1. The third kappa shape index (κ3) is 3.32. The molecule has 0 spiro atoms. The van der Waals surface area contributed by atoms with Crippen LogP contribution in [0.3, 0.4) is 0 Å². The molecule has 0 aliphatic rings. The molecule has 1 heterocycles. The molecule has 122 valence electrons. The van der Waals surface area contributed by atoms with Crippen LogP contribution in [0.1, 0.15) is 10.4 Å². The first-order chi connectivity index (χ1) is 11.6. The summed E-state index contributed by atoms with van der Waals surface area (Å²) in [4.78, 5) is 12.4. The van der Waals surface area contributed by atoms with Crippen molar-refractivity contribution < 1.29 is 9.53 Å². The molecule has 0 atom stereocenters. The van der Waals surface area contributed by atoms with Crippen molar-refractivity contribution in [2.45, 2.75) is 0 Å². The number of hydrogen-bond donors (Lipinski definition) is 1. The Kier molecular flexibility index (Phi) is 4.64. The SMILES string of the molecule is COc1c(Cl)cc(C(=O)Nc2cccc(-n3cnnn3)c2)cc1Cl. The number of tetrazole rings is 1. The van der Waals surface area contributed by atoms with Crippen molar-refractivity contribution in [1.82, 2.24) is 20.2 Å². The zero-order chi connectivity index (χ0) is 17.1. The maximum absolute atomic E-state index is 12.4. The van der Waals surface area contributed by atoms with Gasteiger partial charge < -0.3 is 10.1 Å². The second-order valence-electron chi connectivity index (χ2n) is 4.73. The lowest BCUT2D eigenvalue weighted by Gasteiger charge is -2.10. The number of anilines is 1. The first-order valence-electron chi connectivity index (χ1n) is 6.76. The number of rotatable bonds is 4. The zero-order valence-electron chi connectivity index (χ0n) is 12.4. The lowest BCUT2D eigenvalue weighted by atomic mass is 10.2. The van der Waals surface area contributed by atoms with Crippen LogP contribution in [0.2, 0.25) is 10.0 Å². The molecule has 0 aliphatic heterocycles. The predicted octanol–water partition coefficient (Wildman–Crippen LogP) is 3.23. The minimum absolute atomic E-state index is 0.262. The summed E-state index contributed by atoms with van der Waals surface area (Å²) < 4.78 is 6.55. The highest BCUT2D eigenvalue weighted by atomic mass is 35.5. The highest BCUT2D eigenvalue weighted by Gasteiger charge is 2.14. The molecule has 0 fully saturated rings. The molecule has 0 unspecified atom stereocenters. The van der Waals surface area contributed by atoms with Crippen LogP contribution in [0.5, 0.6) is 5.75 Å². The van der Waals surface area contributed by atoms with Gasteiger partial charge in [0.05, 0.1) is 22.8 Å². The number of methoxy groups -OCH3 is 1. The Labute approximate surface area is 147 Å². The molecule has 9 heteroatoms. The van der Waals surface area contributed by atoms with Gasteiger partial charge in [0.2, 0.25) is 0 Å². The fourth-order valence-corrected chi connectivity index (χ4v) is 2.74. The molecule has 1 N–H and O–H groups in total. The normalized spacial score (nSPS) is 10.5. The van der Waals surface area contributed by atoms with E-state index in [2.05, 4.69) is 20.8 Å². The van der Waals surface area contributed by atoms with Gasteiger partial charge in [-0.3, -0.25) is 4.79 Å². The van der Waals surface area contributed by atoms with Crippen LogP contribution < -0.4 is 10.1 Å². The van der Waals surface area contributed by atoms with Gasteiger partial charge in [0.15, 0.2) is 5.75 Å². The molecule has 0 bridgehead atoms. The van der Waals surface area contributed by atoms with Crippen molar-refractivity contribution in [3.8, 4) is 11.4 Å². The van der Waals surface area contributed by atoms with E-state index in [1.54, 1.807) is 18.2 Å². The van der Waals surface area contributed by atoms with Crippen LogP contribution in [-0.4, -0.2) is 33.2 Å². The topological polar surface area (TPSA) is 81.9 Å². The maximum atomic E-state index is 12.4. The summed E-state index contributed by atoms with van der Waals surface area (Å²) in [6.45, 7) is 0. The van der Waals surface area contributed by atoms with Gasteiger partial charge in [0, 0.05) is 11.3 Å². The molecule has 0 aliphatic carbocycles. The zero-order valence-corrected chi connectivity index (χ0v) is 13.9. The summed E-state index contributed by atoms with van der Waals surface area (Å²) in [7, 11) is 1.46. The monoisotopic (exact) mass is 363 g/mol. The molecule has 7 nitrogen and oxygen atoms in total. The minimum Gasteiger partial charge on any atom is -0.494 e. The molecular weight excluding hydrogens is 353 g/mol. The number of hydrogen-bond acceptors (Lipinski definition) is 5. The van der Waals surface area contributed by atoms with E-state index in [0.717, 1.165) is 0 Å². The molecule has 0 radical (unpaired) electrons. The third-order valence-electron chi connectivity index (χ3n) is 3.18. The molecular formula is C15H11Cl2N5O2. The summed E-state index contributed by atoms with van der Waals surface area (Å²) in [5.41, 5.74) is 1.61. The highest BCUT2D eigenvalue weighted by molar-refractivity contribution is 6.37. The van der Waals surface area contributed by atoms with E-state index in [1.165, 1.54) is 30.3 Å². The molecule has 0 saturated carbocycles. The fourth-order valence-electron chi connectivity index (χ4n) is 2.10. The van der Waals surface area contributed by atoms with Gasteiger partial charge in [-0.2, -0.15) is 0 Å². The molecule has 3 rings (SSSR count). The van der Waals surface area contributed by atoms with Crippen molar-refractivity contribution in [1.29, 1.82) is 0 Å². The van der Waals surface area contributed by atoms with E-state index < -0.39 is 0 Å². The Morgan fingerprint density at radius 2 is 1.96 bits per heavy atom. The molecule has 0 saturated heterocycles. The number of ether oxygens (including phenoxy) is 1. The first-order valence-corrected chi connectivity index (χ1v) is 7.52. The molecule has 1 aromatic heterocycles. The van der Waals surface area contributed by atoms with Crippen LogP contribution >= 0.6 is 23.2 Å². The van der Waals surface area contributed by atoms with Crippen LogP contribution in [0.4, 0.5) is 5.69 Å². The van der Waals surface area contributed by atoms with E-state index in [4.69, 9.17) is 27.9 Å². The number of carbonyl (C=O) groups excluding carboxylic acids is 1. The van der Waals surface area contributed by atoms with E-state index >= 15 is 0 Å². The Balaban J connectivity index is 1.84. The van der Waals surface area contributed by atoms with Crippen molar-refractivity contribution in [3.63, 3.8) is 0 Å². The van der Waals surface area contributed by atoms with Gasteiger partial charge in [0.1, 0.15) is 6.33 Å².